The molecule has 1 atom stereocenters. The van der Waals surface area contributed by atoms with E-state index >= 15 is 0 Å². The Hall–Kier alpha value is -4.00. The van der Waals surface area contributed by atoms with Gasteiger partial charge in [-0.15, -0.1) is 0 Å². The van der Waals surface area contributed by atoms with Crippen LogP contribution < -0.4 is 33.8 Å². The summed E-state index contributed by atoms with van der Waals surface area (Å²) in [6, 6.07) is 5.38. The van der Waals surface area contributed by atoms with Gasteiger partial charge in [0.15, 0.2) is 28.7 Å². The van der Waals surface area contributed by atoms with Crippen molar-refractivity contribution in [2.24, 2.45) is 4.99 Å². The zero-order valence-corrected chi connectivity index (χ0v) is 25.5. The highest BCUT2D eigenvalue weighted by Gasteiger charge is 2.34. The van der Waals surface area contributed by atoms with Crippen LogP contribution in [0.25, 0.3) is 6.08 Å². The molecule has 1 N–H and O–H groups in total. The summed E-state index contributed by atoms with van der Waals surface area (Å²) in [5.41, 5.74) is 1.08. The molecule has 0 fully saturated rings. The average Bonchev–Trinajstić information content (AvgIpc) is 3.24. The van der Waals surface area contributed by atoms with Gasteiger partial charge in [0.2, 0.25) is 5.75 Å². The Morgan fingerprint density at radius 1 is 1.05 bits per heavy atom. The number of nitrogens with zero attached hydrogens (tertiary/aromatic N) is 2. The number of allylic oxidation sites excluding steroid dienone is 1. The third-order valence-electron chi connectivity index (χ3n) is 6.18. The van der Waals surface area contributed by atoms with Crippen molar-refractivity contribution in [3.05, 3.63) is 76.4 Å². The SMILES string of the molecule is CCOC(=O)C1=C(C)N=c2s/c(=C/c3cc(Cl)c(OCC(=O)O)c(Cl)c3)c(=O)n2[C@H]1c1cc(OC)c(OC)c(OC)c1. The first-order valence-corrected chi connectivity index (χ1v) is 13.9. The minimum Gasteiger partial charge on any atom is -0.493 e. The van der Waals surface area contributed by atoms with E-state index in [1.54, 1.807) is 32.1 Å². The summed E-state index contributed by atoms with van der Waals surface area (Å²) in [6.45, 7) is 2.85. The normalized spacial score (nSPS) is 14.6. The molecule has 1 aromatic heterocycles. The topological polar surface area (TPSA) is 135 Å². The number of halogens is 2. The van der Waals surface area contributed by atoms with Gasteiger partial charge in [-0.3, -0.25) is 9.36 Å². The van der Waals surface area contributed by atoms with Crippen LogP contribution in [0.5, 0.6) is 23.0 Å². The molecule has 0 aliphatic carbocycles. The fourth-order valence-corrected chi connectivity index (χ4v) is 6.11. The lowest BCUT2D eigenvalue weighted by Gasteiger charge is -2.26. The van der Waals surface area contributed by atoms with Gasteiger partial charge in [-0.1, -0.05) is 34.5 Å². The highest BCUT2D eigenvalue weighted by Crippen LogP contribution is 2.42. The lowest BCUT2D eigenvalue weighted by Crippen LogP contribution is -2.40. The summed E-state index contributed by atoms with van der Waals surface area (Å²) < 4.78 is 28.7. The summed E-state index contributed by atoms with van der Waals surface area (Å²) >= 11 is 13.7. The standard InChI is InChI=1S/C28H26Cl2N2O9S/c1-6-40-27(36)22-13(2)31-28-32(23(22)15-10-18(37-3)25(39-5)19(11-15)38-4)26(35)20(42-28)9-14-7-16(29)24(17(30)8-14)41-12-21(33)34/h7-11,23H,6,12H2,1-5H3,(H,33,34)/b20-9+/t23-/m0/s1. The van der Waals surface area contributed by atoms with Crippen LogP contribution in [-0.4, -0.2) is 56.2 Å². The van der Waals surface area contributed by atoms with E-state index in [9.17, 15) is 14.4 Å². The number of hydrogen-bond acceptors (Lipinski definition) is 10. The van der Waals surface area contributed by atoms with E-state index in [4.69, 9.17) is 52.0 Å². The fraction of sp³-hybridized carbons (Fsp3) is 0.286. The molecular formula is C28H26Cl2N2O9S. The Kier molecular flexibility index (Phi) is 9.50. The number of carbonyl (C=O) groups is 2. The third-order valence-corrected chi connectivity index (χ3v) is 7.72. The average molecular weight is 637 g/mol. The Bertz CT molecular complexity index is 1730. The van der Waals surface area contributed by atoms with Gasteiger partial charge in [-0.2, -0.15) is 0 Å². The summed E-state index contributed by atoms with van der Waals surface area (Å²) in [5.74, 6) is -0.785. The second kappa shape index (κ2) is 12.9. The van der Waals surface area contributed by atoms with Crippen molar-refractivity contribution in [2.75, 3.05) is 34.5 Å². The molecule has 4 rings (SSSR count). The third kappa shape index (κ3) is 5.96. The highest BCUT2D eigenvalue weighted by molar-refractivity contribution is 7.07. The van der Waals surface area contributed by atoms with E-state index in [1.165, 1.54) is 38.0 Å². The lowest BCUT2D eigenvalue weighted by atomic mass is 9.95. The predicted molar refractivity (Wildman–Crippen MR) is 156 cm³/mol. The number of aliphatic carboxylic acids is 1. The molecule has 0 unspecified atom stereocenters. The van der Waals surface area contributed by atoms with Crippen LogP contribution in [0.15, 0.2) is 45.3 Å². The zero-order valence-electron chi connectivity index (χ0n) is 23.2. The zero-order chi connectivity index (χ0) is 30.7. The molecule has 0 spiro atoms. The van der Waals surface area contributed by atoms with Crippen molar-refractivity contribution in [1.29, 1.82) is 0 Å². The number of hydrogen-bond donors (Lipinski definition) is 1. The van der Waals surface area contributed by atoms with Crippen molar-refractivity contribution in [3.63, 3.8) is 0 Å². The molecule has 42 heavy (non-hydrogen) atoms. The molecule has 11 nitrogen and oxygen atoms in total. The first kappa shape index (κ1) is 30.9. The molecule has 0 bridgehead atoms. The second-order valence-corrected chi connectivity index (χ2v) is 10.6. The maximum absolute atomic E-state index is 13.9. The predicted octanol–water partition coefficient (Wildman–Crippen LogP) is 3.59. The number of thiazole rings is 1. The van der Waals surface area contributed by atoms with Crippen LogP contribution in [-0.2, 0) is 14.3 Å². The van der Waals surface area contributed by atoms with Crippen molar-refractivity contribution in [2.45, 2.75) is 19.9 Å². The quantitative estimate of drug-likeness (QED) is 0.331. The van der Waals surface area contributed by atoms with Crippen LogP contribution in [0.4, 0.5) is 0 Å². The summed E-state index contributed by atoms with van der Waals surface area (Å²) in [4.78, 5) is 43.0. The van der Waals surface area contributed by atoms with E-state index in [2.05, 4.69) is 4.99 Å². The van der Waals surface area contributed by atoms with Crippen molar-refractivity contribution in [1.82, 2.24) is 4.57 Å². The maximum atomic E-state index is 13.9. The number of fused-ring (bicyclic) bond motifs is 1. The maximum Gasteiger partial charge on any atom is 0.341 e. The largest absolute Gasteiger partial charge is 0.493 e. The molecule has 0 saturated heterocycles. The molecule has 222 valence electrons. The van der Waals surface area contributed by atoms with Gasteiger partial charge in [-0.05, 0) is 55.3 Å². The molecule has 2 heterocycles. The highest BCUT2D eigenvalue weighted by atomic mass is 35.5. The molecule has 14 heteroatoms. The number of benzene rings is 2. The first-order valence-electron chi connectivity index (χ1n) is 12.4. The van der Waals surface area contributed by atoms with Crippen molar-refractivity contribution in [3.8, 4) is 23.0 Å². The summed E-state index contributed by atoms with van der Waals surface area (Å²) in [7, 11) is 4.41. The van der Waals surface area contributed by atoms with Crippen LogP contribution in [0, 0.1) is 0 Å². The Morgan fingerprint density at radius 3 is 2.19 bits per heavy atom. The number of rotatable bonds is 10. The van der Waals surface area contributed by atoms with E-state index in [1.807, 2.05) is 0 Å². The first-order chi connectivity index (χ1) is 20.0. The Labute approximate surface area is 253 Å². The minimum absolute atomic E-state index is 0.0106. The minimum atomic E-state index is -1.19. The molecule has 1 aliphatic heterocycles. The van der Waals surface area contributed by atoms with Crippen molar-refractivity contribution < 1.29 is 38.4 Å². The van der Waals surface area contributed by atoms with E-state index < -0.39 is 30.1 Å². The molecule has 3 aromatic rings. The summed E-state index contributed by atoms with van der Waals surface area (Å²) in [5, 5.41) is 9.03. The molecular weight excluding hydrogens is 611 g/mol. The van der Waals surface area contributed by atoms with Gasteiger partial charge >= 0.3 is 11.9 Å². The molecule has 2 aromatic carbocycles. The lowest BCUT2D eigenvalue weighted by molar-refractivity contribution is -0.140. The van der Waals surface area contributed by atoms with Crippen LogP contribution in [0.3, 0.4) is 0 Å². The van der Waals surface area contributed by atoms with Gasteiger partial charge in [-0.25, -0.2) is 14.6 Å². The van der Waals surface area contributed by atoms with E-state index in [-0.39, 0.29) is 32.5 Å². The van der Waals surface area contributed by atoms with Crippen molar-refractivity contribution >= 4 is 52.6 Å². The Balaban J connectivity index is 1.94. The molecule has 0 radical (unpaired) electrons. The van der Waals surface area contributed by atoms with Crippen LogP contribution in [0.1, 0.15) is 31.0 Å². The number of aromatic nitrogens is 1. The number of carboxylic acids is 1. The van der Waals surface area contributed by atoms with E-state index in [0.717, 1.165) is 11.3 Å². The van der Waals surface area contributed by atoms with Gasteiger partial charge in [0.05, 0.1) is 59.8 Å². The number of ether oxygens (including phenoxy) is 5. The van der Waals surface area contributed by atoms with Gasteiger partial charge in [0.1, 0.15) is 0 Å². The second-order valence-electron chi connectivity index (χ2n) is 8.76. The molecule has 0 saturated carbocycles. The number of esters is 1. The van der Waals surface area contributed by atoms with Gasteiger partial charge < -0.3 is 28.8 Å². The molecule has 0 amide bonds. The van der Waals surface area contributed by atoms with E-state index in [0.29, 0.717) is 38.9 Å². The number of carbonyl (C=O) groups excluding carboxylic acids is 1. The fourth-order valence-electron chi connectivity index (χ4n) is 4.45. The van der Waals surface area contributed by atoms with Crippen LogP contribution >= 0.6 is 34.5 Å². The Morgan fingerprint density at radius 2 is 1.67 bits per heavy atom. The summed E-state index contributed by atoms with van der Waals surface area (Å²) in [6.07, 6.45) is 1.57. The smallest absolute Gasteiger partial charge is 0.341 e. The molecule has 1 aliphatic rings. The monoisotopic (exact) mass is 636 g/mol. The van der Waals surface area contributed by atoms with Crippen LogP contribution in [0.2, 0.25) is 10.0 Å². The number of methoxy groups -OCH3 is 3. The van der Waals surface area contributed by atoms with Gasteiger partial charge in [0.25, 0.3) is 5.56 Å². The van der Waals surface area contributed by atoms with Gasteiger partial charge in [0, 0.05) is 0 Å². The number of carboxylic acid groups (broad SMARTS) is 1.